The molecule has 4 saturated heterocycles. The highest BCUT2D eigenvalue weighted by atomic mass is 16.2. The Kier molecular flexibility index (Phi) is 29.0. The molecule has 510 valence electrons. The fraction of sp³-hybridized carbons (Fsp3) is 0.632. The van der Waals surface area contributed by atoms with Crippen LogP contribution in [-0.4, -0.2) is 152 Å². The molecule has 0 spiro atoms. The number of benzene rings is 1. The molecular formula is C76H108N10O8. The van der Waals surface area contributed by atoms with E-state index in [-0.39, 0.29) is 121 Å². The molecule has 3 aliphatic carbocycles. The number of amides is 6. The van der Waals surface area contributed by atoms with Gasteiger partial charge in [0.05, 0.1) is 24.0 Å². The van der Waals surface area contributed by atoms with Crippen molar-refractivity contribution in [3.63, 3.8) is 0 Å². The number of hydrogen-bond acceptors (Lipinski definition) is 12. The SMILES string of the molecule is CCC(NC)C(=O)CC1CN2C(CCC1CNC(=O)CCC#CC#CCCC(=O)NCCNC(=O)C(NC(=O)C1CCC3CCC(CCNCC4=CC=CCC4)C(C(CC)C(=O)C(CC)NC)C(=O)N31)(C1=CCCC=C1)C1=CCCC1)CCC2C(=O)NCc1ccccc1. The number of fused-ring (bicyclic) bond motifs is 2. The smallest absolute Gasteiger partial charge is 0.254 e. The maximum atomic E-state index is 15.5. The number of Topliss-reactive ketones (excluding diaryl/α,β-unsaturated/α-hetero) is 2. The van der Waals surface area contributed by atoms with Crippen molar-refractivity contribution < 1.29 is 38.4 Å². The van der Waals surface area contributed by atoms with Gasteiger partial charge in [-0.1, -0.05) is 111 Å². The molecule has 12 unspecified atom stereocenters. The van der Waals surface area contributed by atoms with Gasteiger partial charge in [-0.25, -0.2) is 0 Å². The third-order valence-corrected chi connectivity index (χ3v) is 21.1. The maximum absolute atomic E-state index is 15.5. The summed E-state index contributed by atoms with van der Waals surface area (Å²) >= 11 is 0. The maximum Gasteiger partial charge on any atom is 0.254 e. The summed E-state index contributed by atoms with van der Waals surface area (Å²) in [4.78, 5) is 118. The lowest BCUT2D eigenvalue weighted by molar-refractivity contribution is -0.149. The fourth-order valence-corrected chi connectivity index (χ4v) is 15.9. The molecule has 4 fully saturated rings. The van der Waals surface area contributed by atoms with Gasteiger partial charge in [-0.05, 0) is 189 Å². The number of nitrogens with one attached hydrogen (secondary N) is 8. The summed E-state index contributed by atoms with van der Waals surface area (Å²) in [6, 6.07) is 8.26. The van der Waals surface area contributed by atoms with E-state index in [2.05, 4.69) is 95.4 Å². The van der Waals surface area contributed by atoms with Gasteiger partial charge in [0.1, 0.15) is 11.8 Å². The lowest BCUT2D eigenvalue weighted by atomic mass is 9.73. The monoisotopic (exact) mass is 1290 g/mol. The molecule has 0 saturated carbocycles. The average molecular weight is 1290 g/mol. The first kappa shape index (κ1) is 72.9. The molecular weight excluding hydrogens is 1180 g/mol. The first-order valence-electron chi connectivity index (χ1n) is 35.8. The topological polar surface area (TPSA) is 239 Å². The molecule has 18 heteroatoms. The predicted octanol–water partition coefficient (Wildman–Crippen LogP) is 7.51. The van der Waals surface area contributed by atoms with E-state index in [1.54, 1.807) is 7.05 Å². The number of likely N-dealkylation sites (N-methyl/N-ethyl adjacent to an activating group) is 2. The number of ketones is 2. The van der Waals surface area contributed by atoms with Crippen molar-refractivity contribution >= 4 is 47.0 Å². The minimum Gasteiger partial charge on any atom is -0.356 e. The van der Waals surface area contributed by atoms with Crippen LogP contribution in [0.3, 0.4) is 0 Å². The van der Waals surface area contributed by atoms with Gasteiger partial charge in [0.2, 0.25) is 29.5 Å². The number of nitrogens with zero attached hydrogens (tertiary/aromatic N) is 2. The van der Waals surface area contributed by atoms with Crippen LogP contribution in [0.5, 0.6) is 0 Å². The van der Waals surface area contributed by atoms with Crippen molar-refractivity contribution in [3.05, 3.63) is 95.1 Å². The largest absolute Gasteiger partial charge is 0.356 e. The molecule has 8 N–H and O–H groups in total. The van der Waals surface area contributed by atoms with Crippen molar-refractivity contribution in [2.75, 3.05) is 53.4 Å². The third-order valence-electron chi connectivity index (χ3n) is 21.1. The first-order chi connectivity index (χ1) is 45.7. The Balaban J connectivity index is 0.822. The summed E-state index contributed by atoms with van der Waals surface area (Å²) < 4.78 is 0. The molecule has 4 heterocycles. The summed E-state index contributed by atoms with van der Waals surface area (Å²) in [7, 11) is 3.61. The second kappa shape index (κ2) is 37.4. The second-order valence-electron chi connectivity index (χ2n) is 27.0. The first-order valence-corrected chi connectivity index (χ1v) is 35.8. The van der Waals surface area contributed by atoms with E-state index in [0.717, 1.165) is 94.7 Å². The van der Waals surface area contributed by atoms with Crippen molar-refractivity contribution in [3.8, 4) is 23.7 Å². The van der Waals surface area contributed by atoms with Crippen LogP contribution in [0.1, 0.15) is 180 Å². The van der Waals surface area contributed by atoms with Gasteiger partial charge in [-0.15, -0.1) is 0 Å². The molecule has 18 nitrogen and oxygen atoms in total. The molecule has 1 aromatic carbocycles. The highest BCUT2D eigenvalue weighted by molar-refractivity contribution is 6.01. The number of allylic oxidation sites excluding steroid dienone is 6. The Bertz CT molecular complexity index is 3070. The number of rotatable bonds is 33. The molecule has 4 aliphatic heterocycles. The summed E-state index contributed by atoms with van der Waals surface area (Å²) in [5.74, 6) is 9.36. The summed E-state index contributed by atoms with van der Waals surface area (Å²) in [6.07, 6.45) is 30.1. The Morgan fingerprint density at radius 2 is 1.36 bits per heavy atom. The van der Waals surface area contributed by atoms with E-state index in [1.807, 2.05) is 81.3 Å². The summed E-state index contributed by atoms with van der Waals surface area (Å²) in [5.41, 5.74) is 2.35. The minimum absolute atomic E-state index is 0.0199. The molecule has 6 amide bonds. The fourth-order valence-electron chi connectivity index (χ4n) is 15.9. The predicted molar refractivity (Wildman–Crippen MR) is 369 cm³/mol. The van der Waals surface area contributed by atoms with Gasteiger partial charge < -0.3 is 47.4 Å². The van der Waals surface area contributed by atoms with E-state index in [0.29, 0.717) is 89.5 Å². The van der Waals surface area contributed by atoms with Crippen molar-refractivity contribution in [1.29, 1.82) is 0 Å². The van der Waals surface area contributed by atoms with E-state index >= 15 is 14.4 Å². The van der Waals surface area contributed by atoms with E-state index < -0.39 is 29.3 Å². The minimum atomic E-state index is -1.54. The quantitative estimate of drug-likeness (QED) is 0.0194. The van der Waals surface area contributed by atoms with Crippen LogP contribution in [0.2, 0.25) is 0 Å². The van der Waals surface area contributed by atoms with Crippen LogP contribution in [-0.2, 0) is 44.9 Å². The van der Waals surface area contributed by atoms with Crippen LogP contribution < -0.4 is 42.5 Å². The van der Waals surface area contributed by atoms with Crippen LogP contribution in [0.4, 0.5) is 0 Å². The second-order valence-corrected chi connectivity index (χ2v) is 27.0. The Morgan fingerprint density at radius 3 is 2.04 bits per heavy atom. The number of carbonyl (C=O) groups is 8. The summed E-state index contributed by atoms with van der Waals surface area (Å²) in [5, 5.41) is 25.6. The van der Waals surface area contributed by atoms with Crippen molar-refractivity contribution in [2.45, 2.75) is 223 Å². The van der Waals surface area contributed by atoms with Gasteiger partial charge in [-0.2, -0.15) is 0 Å². The number of hydrogen-bond donors (Lipinski definition) is 8. The van der Waals surface area contributed by atoms with Gasteiger partial charge in [0.25, 0.3) is 5.91 Å². The zero-order chi connectivity index (χ0) is 66.8. The highest BCUT2D eigenvalue weighted by Gasteiger charge is 2.54. The van der Waals surface area contributed by atoms with Gasteiger partial charge >= 0.3 is 0 Å². The standard InChI is InChI=1S/C76H108N10O8/c1-6-62(71(90)64(8-3)78-5)70-55(44-45-79-49-53-26-16-13-17-27-53)36-39-61-41-43-66(86(61)74(70)93)73(92)84-76(59-32-24-25-33-59,58-30-20-15-21-31-58)75(94)81-47-46-80-68(88)34-22-11-9-10-12-23-35-69(89)82-51-56-37-38-60-40-42-65(72(91)83-50-54-28-18-14-19-29-54)85(60)52-57(56)48-67(87)63(7-2)77-4/h13-14,16,18-20,26,28-32,55-57,60-66,70,77-79H,6-8,15,17,21-25,27,33-52H2,1-5H3,(H,80,88)(H,81,94)(H,82,89)(H,83,91)(H,84,92). The molecule has 7 aliphatic rings. The zero-order valence-corrected chi connectivity index (χ0v) is 56.9. The van der Waals surface area contributed by atoms with Crippen LogP contribution in [0, 0.1) is 53.3 Å². The van der Waals surface area contributed by atoms with Crippen molar-refractivity contribution in [2.24, 2.45) is 29.6 Å². The summed E-state index contributed by atoms with van der Waals surface area (Å²) in [6.45, 7) is 9.26. The van der Waals surface area contributed by atoms with E-state index in [9.17, 15) is 24.0 Å². The lowest BCUT2D eigenvalue weighted by Gasteiger charge is -2.40. The molecule has 0 bridgehead atoms. The van der Waals surface area contributed by atoms with Crippen LogP contribution in [0.15, 0.2) is 89.6 Å². The zero-order valence-electron chi connectivity index (χ0n) is 56.9. The molecule has 1 aromatic rings. The van der Waals surface area contributed by atoms with Gasteiger partial charge in [0, 0.05) is 89.4 Å². The third kappa shape index (κ3) is 19.4. The lowest BCUT2D eigenvalue weighted by Crippen LogP contribution is -2.64. The van der Waals surface area contributed by atoms with Crippen molar-refractivity contribution in [1.82, 2.24) is 52.3 Å². The highest BCUT2D eigenvalue weighted by Crippen LogP contribution is 2.44. The molecule has 94 heavy (non-hydrogen) atoms. The van der Waals surface area contributed by atoms with E-state index in [4.69, 9.17) is 0 Å². The van der Waals surface area contributed by atoms with Crippen LogP contribution >= 0.6 is 0 Å². The Morgan fingerprint density at radius 1 is 0.660 bits per heavy atom. The molecule has 0 radical (unpaired) electrons. The Hall–Kier alpha value is -6.96. The normalized spacial score (nSPS) is 24.9. The average Bonchev–Trinajstić information content (AvgIpc) is 1.38. The van der Waals surface area contributed by atoms with E-state index in [1.165, 1.54) is 5.57 Å². The van der Waals surface area contributed by atoms with Gasteiger partial charge in [-0.3, -0.25) is 43.3 Å². The molecule has 12 atom stereocenters. The number of carbonyl (C=O) groups excluding carboxylic acids is 8. The van der Waals surface area contributed by atoms with Crippen LogP contribution in [0.25, 0.3) is 0 Å². The van der Waals surface area contributed by atoms with Gasteiger partial charge in [0.15, 0.2) is 11.3 Å². The molecule has 8 rings (SSSR count). The Labute approximate surface area is 560 Å². The molecule has 0 aromatic heterocycles.